The van der Waals surface area contributed by atoms with Gasteiger partial charge in [-0.3, -0.25) is 4.79 Å². The smallest absolute Gasteiger partial charge is 0.212 e. The number of benzene rings is 2. The van der Waals surface area contributed by atoms with Crippen LogP contribution in [0.2, 0.25) is 0 Å². The van der Waals surface area contributed by atoms with Gasteiger partial charge in [0.05, 0.1) is 21.5 Å². The third-order valence-electron chi connectivity index (χ3n) is 6.95. The molecule has 2 aromatic carbocycles. The van der Waals surface area contributed by atoms with E-state index in [1.54, 1.807) is 25.1 Å². The summed E-state index contributed by atoms with van der Waals surface area (Å²) >= 11 is 0. The molecule has 1 saturated heterocycles. The number of hydrogen-bond donors (Lipinski definition) is 0. The minimum atomic E-state index is -4.09. The molecule has 0 N–H and O–H groups in total. The topological polar surface area (TPSA) is 62.6 Å². The second kappa shape index (κ2) is 10.1. The van der Waals surface area contributed by atoms with Crippen LogP contribution < -0.4 is 10.3 Å². The molecule has 0 radical (unpaired) electrons. The summed E-state index contributed by atoms with van der Waals surface area (Å²) in [7, 11) is -4.09. The first-order valence-electron chi connectivity index (χ1n) is 12.3. The van der Waals surface area contributed by atoms with Gasteiger partial charge in [-0.2, -0.15) is 0 Å². The first-order valence-corrected chi connectivity index (χ1v) is 13.8. The Morgan fingerprint density at radius 3 is 2.34 bits per heavy atom. The molecule has 0 amide bonds. The third-order valence-corrected chi connectivity index (χ3v) is 8.84. The fourth-order valence-corrected chi connectivity index (χ4v) is 6.43. The zero-order valence-corrected chi connectivity index (χ0v) is 21.8. The van der Waals surface area contributed by atoms with Crippen molar-refractivity contribution >= 4 is 26.4 Å². The number of rotatable bonds is 7. The molecule has 0 atom stereocenters. The van der Waals surface area contributed by atoms with E-state index in [0.717, 1.165) is 38.0 Å². The number of pyridine rings is 1. The van der Waals surface area contributed by atoms with Crippen molar-refractivity contribution in [2.45, 2.75) is 56.9 Å². The molecule has 2 heterocycles. The van der Waals surface area contributed by atoms with Gasteiger partial charge < -0.3 is 14.4 Å². The van der Waals surface area contributed by atoms with Crippen LogP contribution in [0, 0.1) is 19.7 Å². The van der Waals surface area contributed by atoms with Crippen molar-refractivity contribution in [3.05, 3.63) is 63.7 Å². The largest absolute Gasteiger partial charge is 0.367 e. The van der Waals surface area contributed by atoms with Crippen LogP contribution >= 0.6 is 0 Å². The summed E-state index contributed by atoms with van der Waals surface area (Å²) in [5, 5.41) is 0.0981. The van der Waals surface area contributed by atoms with Crippen LogP contribution in [0.1, 0.15) is 37.8 Å². The number of anilines is 1. The van der Waals surface area contributed by atoms with E-state index < -0.39 is 21.1 Å². The minimum Gasteiger partial charge on any atom is -0.367 e. The molecule has 0 unspecified atom stereocenters. The third kappa shape index (κ3) is 4.86. The molecule has 1 fully saturated rings. The highest BCUT2D eigenvalue weighted by Gasteiger charge is 2.27. The quantitative estimate of drug-likeness (QED) is 0.478. The molecule has 1 aromatic heterocycles. The monoisotopic (exact) mass is 499 g/mol. The van der Waals surface area contributed by atoms with Crippen LogP contribution in [0.15, 0.2) is 51.1 Å². The van der Waals surface area contributed by atoms with Gasteiger partial charge in [0, 0.05) is 38.9 Å². The number of aryl methyl sites for hydroxylation is 3. The highest BCUT2D eigenvalue weighted by atomic mass is 32.2. The van der Waals surface area contributed by atoms with Gasteiger partial charge in [0.1, 0.15) is 10.7 Å². The first-order chi connectivity index (χ1) is 16.7. The van der Waals surface area contributed by atoms with Crippen molar-refractivity contribution in [1.82, 2.24) is 9.47 Å². The fraction of sp³-hybridized carbons (Fsp3) is 0.444. The molecule has 4 rings (SSSR count). The summed E-state index contributed by atoms with van der Waals surface area (Å²) in [6.45, 7) is 12.3. The van der Waals surface area contributed by atoms with E-state index in [2.05, 4.69) is 18.7 Å². The van der Waals surface area contributed by atoms with Crippen molar-refractivity contribution in [2.75, 3.05) is 37.6 Å². The van der Waals surface area contributed by atoms with E-state index in [-0.39, 0.29) is 15.2 Å². The summed E-state index contributed by atoms with van der Waals surface area (Å²) in [5.41, 5.74) is 1.73. The molecule has 8 heteroatoms. The molecule has 3 aromatic rings. The molecule has 35 heavy (non-hydrogen) atoms. The number of likely N-dealkylation sites (N-methyl/N-ethyl adjacent to an activating group) is 1. The van der Waals surface area contributed by atoms with E-state index in [1.165, 1.54) is 12.3 Å². The average Bonchev–Trinajstić information content (AvgIpc) is 2.85. The number of piperazine rings is 1. The van der Waals surface area contributed by atoms with Gasteiger partial charge in [0.15, 0.2) is 0 Å². The lowest BCUT2D eigenvalue weighted by atomic mass is 10.1. The lowest BCUT2D eigenvalue weighted by Crippen LogP contribution is -2.46. The van der Waals surface area contributed by atoms with Gasteiger partial charge in [-0.25, -0.2) is 12.8 Å². The molecule has 1 aliphatic rings. The Kier molecular flexibility index (Phi) is 7.33. The molecule has 6 nitrogen and oxygen atoms in total. The number of aromatic nitrogens is 1. The van der Waals surface area contributed by atoms with E-state index in [4.69, 9.17) is 0 Å². The minimum absolute atomic E-state index is 0.0981. The molecule has 188 valence electrons. The van der Waals surface area contributed by atoms with E-state index >= 15 is 4.39 Å². The molecule has 0 saturated carbocycles. The van der Waals surface area contributed by atoms with E-state index in [0.29, 0.717) is 36.4 Å². The SMILES string of the molecule is CCCCn1cc(S(=O)(=O)c2cc(C)ccc2C)c(=O)c2cc(F)c(N3CCN(CC)CC3)cc21. The Labute approximate surface area is 206 Å². The normalized spacial score (nSPS) is 15.2. The molecule has 1 aliphatic heterocycles. The van der Waals surface area contributed by atoms with Crippen molar-refractivity contribution in [1.29, 1.82) is 0 Å². The summed E-state index contributed by atoms with van der Waals surface area (Å²) in [4.78, 5) is 17.6. The highest BCUT2D eigenvalue weighted by Crippen LogP contribution is 2.29. The summed E-state index contributed by atoms with van der Waals surface area (Å²) in [6.07, 6.45) is 3.16. The van der Waals surface area contributed by atoms with Gasteiger partial charge in [-0.15, -0.1) is 0 Å². The zero-order valence-electron chi connectivity index (χ0n) is 21.0. The molecular formula is C27H34FN3O3S. The summed E-state index contributed by atoms with van der Waals surface area (Å²) in [6, 6.07) is 8.11. The van der Waals surface area contributed by atoms with Crippen LogP contribution in [0.5, 0.6) is 0 Å². The van der Waals surface area contributed by atoms with Crippen molar-refractivity contribution in [2.24, 2.45) is 0 Å². The van der Waals surface area contributed by atoms with Gasteiger partial charge in [-0.05, 0) is 56.1 Å². The maximum absolute atomic E-state index is 15.4. The Morgan fingerprint density at radius 1 is 0.971 bits per heavy atom. The van der Waals surface area contributed by atoms with Crippen LogP contribution in [0.25, 0.3) is 10.9 Å². The number of halogens is 1. The second-order valence-corrected chi connectivity index (χ2v) is 11.3. The lowest BCUT2D eigenvalue weighted by molar-refractivity contribution is 0.270. The predicted molar refractivity (Wildman–Crippen MR) is 139 cm³/mol. The number of fused-ring (bicyclic) bond motifs is 1. The van der Waals surface area contributed by atoms with E-state index in [9.17, 15) is 13.2 Å². The second-order valence-electron chi connectivity index (χ2n) is 9.38. The van der Waals surface area contributed by atoms with Crippen LogP contribution in [0.3, 0.4) is 0 Å². The number of nitrogens with zero attached hydrogens (tertiary/aromatic N) is 3. The van der Waals surface area contributed by atoms with Crippen molar-refractivity contribution in [3.63, 3.8) is 0 Å². The van der Waals surface area contributed by atoms with Crippen LogP contribution in [0.4, 0.5) is 10.1 Å². The van der Waals surface area contributed by atoms with Crippen LogP contribution in [-0.4, -0.2) is 50.6 Å². The van der Waals surface area contributed by atoms with Gasteiger partial charge in [-0.1, -0.05) is 32.4 Å². The molecule has 0 bridgehead atoms. The molecule has 0 spiro atoms. The number of hydrogen-bond acceptors (Lipinski definition) is 5. The first kappa shape index (κ1) is 25.4. The van der Waals surface area contributed by atoms with Gasteiger partial charge >= 0.3 is 0 Å². The number of unbranched alkanes of at least 4 members (excludes halogenated alkanes) is 1. The van der Waals surface area contributed by atoms with Gasteiger partial charge in [0.25, 0.3) is 0 Å². The maximum Gasteiger partial charge on any atom is 0.212 e. The van der Waals surface area contributed by atoms with Gasteiger partial charge in [0.2, 0.25) is 15.3 Å². The average molecular weight is 500 g/mol. The Hall–Kier alpha value is -2.71. The predicted octanol–water partition coefficient (Wildman–Crippen LogP) is 4.53. The molecule has 0 aliphatic carbocycles. The van der Waals surface area contributed by atoms with Crippen LogP contribution in [-0.2, 0) is 16.4 Å². The Morgan fingerprint density at radius 2 is 1.69 bits per heavy atom. The Balaban J connectivity index is 1.90. The summed E-state index contributed by atoms with van der Waals surface area (Å²) < 4.78 is 44.4. The van der Waals surface area contributed by atoms with E-state index in [1.807, 2.05) is 22.5 Å². The lowest BCUT2D eigenvalue weighted by Gasteiger charge is -2.35. The fourth-order valence-electron chi connectivity index (χ4n) is 4.74. The Bertz CT molecular complexity index is 1410. The standard InChI is InChI=1S/C27H34FN3O3S/c1-5-7-10-31-18-26(35(33,34)25-15-19(3)8-9-20(25)4)27(32)21-16-22(28)24(17-23(21)31)30-13-11-29(6-2)12-14-30/h8-9,15-18H,5-7,10-14H2,1-4H3. The summed E-state index contributed by atoms with van der Waals surface area (Å²) in [5.74, 6) is -0.497. The zero-order chi connectivity index (χ0) is 25.3. The maximum atomic E-state index is 15.4. The highest BCUT2D eigenvalue weighted by molar-refractivity contribution is 7.91. The van der Waals surface area contributed by atoms with Crippen molar-refractivity contribution in [3.8, 4) is 0 Å². The number of sulfone groups is 1. The van der Waals surface area contributed by atoms with Crippen molar-refractivity contribution < 1.29 is 12.8 Å². The molecular weight excluding hydrogens is 465 g/mol.